The number of hydrogen-bond acceptors (Lipinski definition) is 2. The molecule has 0 aromatic heterocycles. The van der Waals surface area contributed by atoms with Gasteiger partial charge in [-0.05, 0) is 43.8 Å². The predicted octanol–water partition coefficient (Wildman–Crippen LogP) is 2.26. The fourth-order valence-electron chi connectivity index (χ4n) is 1.44. The van der Waals surface area contributed by atoms with Gasteiger partial charge in [-0.15, -0.1) is 0 Å². The Balaban J connectivity index is 2.33. The first kappa shape index (κ1) is 12.0. The molecule has 0 saturated heterocycles. The van der Waals surface area contributed by atoms with Gasteiger partial charge in [-0.3, -0.25) is 0 Å². The standard InChI is InChI=1S/C12H19FN2/c1-3-14-9-4-10-15(2)12-7-5-11(13)6-8-12/h5-8,14H,3-4,9-10H2,1-2H3. The van der Waals surface area contributed by atoms with Crippen molar-refractivity contribution < 1.29 is 4.39 Å². The fourth-order valence-corrected chi connectivity index (χ4v) is 1.44. The van der Waals surface area contributed by atoms with Crippen LogP contribution in [0.4, 0.5) is 10.1 Å². The summed E-state index contributed by atoms with van der Waals surface area (Å²) in [7, 11) is 2.03. The van der Waals surface area contributed by atoms with E-state index in [1.807, 2.05) is 19.2 Å². The van der Waals surface area contributed by atoms with E-state index in [9.17, 15) is 4.39 Å². The van der Waals surface area contributed by atoms with Crippen LogP contribution in [0.5, 0.6) is 0 Å². The molecule has 0 bridgehead atoms. The average molecular weight is 210 g/mol. The van der Waals surface area contributed by atoms with Crippen molar-refractivity contribution >= 4 is 5.69 Å². The summed E-state index contributed by atoms with van der Waals surface area (Å²) in [6.45, 7) is 5.13. The van der Waals surface area contributed by atoms with Gasteiger partial charge in [-0.2, -0.15) is 0 Å². The molecular formula is C12H19FN2. The fraction of sp³-hybridized carbons (Fsp3) is 0.500. The van der Waals surface area contributed by atoms with Crippen LogP contribution in [0.1, 0.15) is 13.3 Å². The monoisotopic (exact) mass is 210 g/mol. The van der Waals surface area contributed by atoms with E-state index in [4.69, 9.17) is 0 Å². The maximum atomic E-state index is 12.7. The van der Waals surface area contributed by atoms with E-state index in [2.05, 4.69) is 17.1 Å². The van der Waals surface area contributed by atoms with E-state index in [1.54, 1.807) is 0 Å². The molecule has 1 aromatic rings. The molecular weight excluding hydrogens is 191 g/mol. The van der Waals surface area contributed by atoms with Gasteiger partial charge in [0.05, 0.1) is 0 Å². The Morgan fingerprint density at radius 1 is 1.27 bits per heavy atom. The molecule has 0 fully saturated rings. The Bertz CT molecular complexity index is 271. The summed E-state index contributed by atoms with van der Waals surface area (Å²) in [6.07, 6.45) is 1.10. The number of nitrogens with one attached hydrogen (secondary N) is 1. The highest BCUT2D eigenvalue weighted by atomic mass is 19.1. The third kappa shape index (κ3) is 4.30. The second-order valence-electron chi connectivity index (χ2n) is 3.61. The van der Waals surface area contributed by atoms with E-state index >= 15 is 0 Å². The number of nitrogens with zero attached hydrogens (tertiary/aromatic N) is 1. The summed E-state index contributed by atoms with van der Waals surface area (Å²) < 4.78 is 12.7. The van der Waals surface area contributed by atoms with Gasteiger partial charge in [0.2, 0.25) is 0 Å². The Morgan fingerprint density at radius 2 is 1.93 bits per heavy atom. The molecule has 2 nitrogen and oxygen atoms in total. The molecule has 1 N–H and O–H groups in total. The number of rotatable bonds is 6. The van der Waals surface area contributed by atoms with E-state index in [0.29, 0.717) is 0 Å². The van der Waals surface area contributed by atoms with Gasteiger partial charge in [-0.1, -0.05) is 6.92 Å². The lowest BCUT2D eigenvalue weighted by Gasteiger charge is -2.19. The van der Waals surface area contributed by atoms with Gasteiger partial charge < -0.3 is 10.2 Å². The van der Waals surface area contributed by atoms with Crippen LogP contribution in [0, 0.1) is 5.82 Å². The lowest BCUT2D eigenvalue weighted by atomic mass is 10.2. The van der Waals surface area contributed by atoms with Crippen LogP contribution in [-0.2, 0) is 0 Å². The highest BCUT2D eigenvalue weighted by Gasteiger charge is 1.99. The molecule has 1 aromatic carbocycles. The topological polar surface area (TPSA) is 15.3 Å². The number of halogens is 1. The Kier molecular flexibility index (Phi) is 5.12. The van der Waals surface area contributed by atoms with Crippen molar-refractivity contribution in [2.24, 2.45) is 0 Å². The third-order valence-corrected chi connectivity index (χ3v) is 2.36. The van der Waals surface area contributed by atoms with Gasteiger partial charge >= 0.3 is 0 Å². The minimum absolute atomic E-state index is 0.181. The quantitative estimate of drug-likeness (QED) is 0.724. The molecule has 0 amide bonds. The second-order valence-corrected chi connectivity index (χ2v) is 3.61. The van der Waals surface area contributed by atoms with E-state index in [0.717, 1.165) is 31.7 Å². The minimum atomic E-state index is -0.181. The molecule has 84 valence electrons. The summed E-state index contributed by atoms with van der Waals surface area (Å²) in [5, 5.41) is 3.28. The van der Waals surface area contributed by atoms with Gasteiger partial charge in [0.15, 0.2) is 0 Å². The van der Waals surface area contributed by atoms with Crippen molar-refractivity contribution in [1.29, 1.82) is 0 Å². The van der Waals surface area contributed by atoms with Crippen molar-refractivity contribution in [2.45, 2.75) is 13.3 Å². The molecule has 0 heterocycles. The van der Waals surface area contributed by atoms with Gasteiger partial charge in [0.1, 0.15) is 5.82 Å². The first-order chi connectivity index (χ1) is 7.24. The van der Waals surface area contributed by atoms with Crippen molar-refractivity contribution in [3.05, 3.63) is 30.1 Å². The zero-order valence-corrected chi connectivity index (χ0v) is 9.46. The van der Waals surface area contributed by atoms with Crippen molar-refractivity contribution in [1.82, 2.24) is 5.32 Å². The summed E-state index contributed by atoms with van der Waals surface area (Å²) in [5.74, 6) is -0.181. The van der Waals surface area contributed by atoms with E-state index in [1.165, 1.54) is 12.1 Å². The Labute approximate surface area is 91.1 Å². The average Bonchev–Trinajstić information content (AvgIpc) is 2.25. The summed E-state index contributed by atoms with van der Waals surface area (Å²) >= 11 is 0. The van der Waals surface area contributed by atoms with Crippen LogP contribution in [0.25, 0.3) is 0 Å². The molecule has 0 atom stereocenters. The lowest BCUT2D eigenvalue weighted by Crippen LogP contribution is -2.23. The summed E-state index contributed by atoms with van der Waals surface area (Å²) in [4.78, 5) is 2.14. The molecule has 15 heavy (non-hydrogen) atoms. The van der Waals surface area contributed by atoms with Crippen molar-refractivity contribution in [3.63, 3.8) is 0 Å². The zero-order valence-electron chi connectivity index (χ0n) is 9.46. The largest absolute Gasteiger partial charge is 0.375 e. The maximum Gasteiger partial charge on any atom is 0.123 e. The summed E-state index contributed by atoms with van der Waals surface area (Å²) in [5.41, 5.74) is 1.06. The highest BCUT2D eigenvalue weighted by molar-refractivity contribution is 5.45. The van der Waals surface area contributed by atoms with Crippen molar-refractivity contribution in [3.8, 4) is 0 Å². The van der Waals surface area contributed by atoms with Crippen LogP contribution in [-0.4, -0.2) is 26.7 Å². The molecule has 1 rings (SSSR count). The highest BCUT2D eigenvalue weighted by Crippen LogP contribution is 2.12. The van der Waals surface area contributed by atoms with Crippen LogP contribution >= 0.6 is 0 Å². The molecule has 0 radical (unpaired) electrons. The maximum absolute atomic E-state index is 12.7. The van der Waals surface area contributed by atoms with Crippen molar-refractivity contribution in [2.75, 3.05) is 31.6 Å². The SMILES string of the molecule is CCNCCCN(C)c1ccc(F)cc1. The number of hydrogen-bond donors (Lipinski definition) is 1. The van der Waals surface area contributed by atoms with Gasteiger partial charge in [0.25, 0.3) is 0 Å². The van der Waals surface area contributed by atoms with Crippen LogP contribution in [0.3, 0.4) is 0 Å². The zero-order chi connectivity index (χ0) is 11.1. The van der Waals surface area contributed by atoms with E-state index < -0.39 is 0 Å². The minimum Gasteiger partial charge on any atom is -0.375 e. The first-order valence-corrected chi connectivity index (χ1v) is 5.41. The van der Waals surface area contributed by atoms with Crippen LogP contribution in [0.15, 0.2) is 24.3 Å². The smallest absolute Gasteiger partial charge is 0.123 e. The Hall–Kier alpha value is -1.09. The molecule has 0 aliphatic carbocycles. The molecule has 0 aliphatic rings. The predicted molar refractivity (Wildman–Crippen MR) is 62.8 cm³/mol. The van der Waals surface area contributed by atoms with Gasteiger partial charge in [0, 0.05) is 19.3 Å². The molecule has 0 saturated carbocycles. The third-order valence-electron chi connectivity index (χ3n) is 2.36. The molecule has 3 heteroatoms. The normalized spacial score (nSPS) is 10.3. The number of anilines is 1. The molecule has 0 aliphatic heterocycles. The molecule has 0 unspecified atom stereocenters. The summed E-state index contributed by atoms with van der Waals surface area (Å²) in [6, 6.07) is 6.61. The van der Waals surface area contributed by atoms with Gasteiger partial charge in [-0.25, -0.2) is 4.39 Å². The van der Waals surface area contributed by atoms with Crippen LogP contribution in [0.2, 0.25) is 0 Å². The Morgan fingerprint density at radius 3 is 2.53 bits per heavy atom. The van der Waals surface area contributed by atoms with Crippen LogP contribution < -0.4 is 10.2 Å². The molecule has 0 spiro atoms. The van der Waals surface area contributed by atoms with E-state index in [-0.39, 0.29) is 5.82 Å². The first-order valence-electron chi connectivity index (χ1n) is 5.41. The number of benzene rings is 1. The lowest BCUT2D eigenvalue weighted by molar-refractivity contribution is 0.627. The second kappa shape index (κ2) is 6.40.